The topological polar surface area (TPSA) is 88.1 Å². The number of esters is 3. The van der Waals surface area contributed by atoms with Crippen molar-refractivity contribution < 1.29 is 33.3 Å². The highest BCUT2D eigenvalue weighted by atomic mass is 16.6. The minimum Gasteiger partial charge on any atom is -0.497 e. The summed E-state index contributed by atoms with van der Waals surface area (Å²) in [5, 5.41) is 0. The summed E-state index contributed by atoms with van der Waals surface area (Å²) >= 11 is 0. The van der Waals surface area contributed by atoms with Crippen LogP contribution >= 0.6 is 0 Å². The van der Waals surface area contributed by atoms with Gasteiger partial charge in [-0.3, -0.25) is 14.4 Å². The van der Waals surface area contributed by atoms with Crippen molar-refractivity contribution in [3.05, 3.63) is 29.3 Å². The first-order valence-electron chi connectivity index (χ1n) is 12.2. The fraction of sp³-hybridized carbons (Fsp3) is 0.667. The van der Waals surface area contributed by atoms with E-state index in [0.29, 0.717) is 18.3 Å². The number of carbonyl (C=O) groups excluding carboxylic acids is 3. The van der Waals surface area contributed by atoms with Gasteiger partial charge in [0.1, 0.15) is 25.1 Å². The van der Waals surface area contributed by atoms with Crippen molar-refractivity contribution in [3.8, 4) is 5.75 Å². The van der Waals surface area contributed by atoms with Gasteiger partial charge in [-0.05, 0) is 73.1 Å². The molecule has 0 spiro atoms. The van der Waals surface area contributed by atoms with Gasteiger partial charge in [-0.1, -0.05) is 13.0 Å². The number of benzene rings is 1. The Morgan fingerprint density at radius 3 is 2.26 bits per heavy atom. The van der Waals surface area contributed by atoms with Crippen molar-refractivity contribution in [1.82, 2.24) is 0 Å². The molecule has 5 atom stereocenters. The number of rotatable bonds is 6. The van der Waals surface area contributed by atoms with Crippen LogP contribution < -0.4 is 4.74 Å². The average molecular weight is 473 g/mol. The highest BCUT2D eigenvalue weighted by Gasteiger charge is 2.66. The summed E-state index contributed by atoms with van der Waals surface area (Å²) in [5.41, 5.74) is 1.68. The Kier molecular flexibility index (Phi) is 6.67. The molecule has 186 valence electrons. The average Bonchev–Trinajstić information content (AvgIpc) is 3.04. The first kappa shape index (κ1) is 24.6. The lowest BCUT2D eigenvalue weighted by Crippen LogP contribution is -2.50. The van der Waals surface area contributed by atoms with Gasteiger partial charge in [-0.15, -0.1) is 0 Å². The van der Waals surface area contributed by atoms with Crippen LogP contribution in [0.4, 0.5) is 0 Å². The second kappa shape index (κ2) is 9.23. The van der Waals surface area contributed by atoms with Gasteiger partial charge in [-0.25, -0.2) is 0 Å². The van der Waals surface area contributed by atoms with Gasteiger partial charge in [0, 0.05) is 26.2 Å². The standard InChI is InChI=1S/C27H36O7/c1-16(28)32-14-27(15-33-17(2)29)13-24-23-8-6-19-12-20(31-5)7-9-21(19)22(23)10-11-26(24,4)25(27)34-18(3)30/h7,9,12,22-25H,6,8,10-11,13-15H2,1-5H3/t22-,23-,24+,25-,26+/m1/s1. The molecule has 2 saturated carbocycles. The zero-order chi connectivity index (χ0) is 24.7. The molecule has 0 N–H and O–H groups in total. The minimum atomic E-state index is -0.766. The highest BCUT2D eigenvalue weighted by Crippen LogP contribution is 2.66. The van der Waals surface area contributed by atoms with Gasteiger partial charge in [-0.2, -0.15) is 0 Å². The maximum atomic E-state index is 12.2. The van der Waals surface area contributed by atoms with Gasteiger partial charge in [0.15, 0.2) is 0 Å². The van der Waals surface area contributed by atoms with Gasteiger partial charge < -0.3 is 18.9 Å². The van der Waals surface area contributed by atoms with Crippen LogP contribution in [0.2, 0.25) is 0 Å². The summed E-state index contributed by atoms with van der Waals surface area (Å²) in [5.74, 6) is 0.792. The third-order valence-electron chi connectivity index (χ3n) is 8.56. The second-order valence-electron chi connectivity index (χ2n) is 10.6. The van der Waals surface area contributed by atoms with E-state index in [0.717, 1.165) is 31.4 Å². The molecule has 0 aliphatic heterocycles. The van der Waals surface area contributed by atoms with E-state index in [1.807, 2.05) is 6.07 Å². The molecule has 1 aromatic carbocycles. The van der Waals surface area contributed by atoms with Crippen LogP contribution in [-0.4, -0.2) is 44.3 Å². The van der Waals surface area contributed by atoms with Crippen LogP contribution in [0.15, 0.2) is 18.2 Å². The van der Waals surface area contributed by atoms with E-state index in [2.05, 4.69) is 19.1 Å². The normalized spacial score (nSPS) is 30.9. The lowest BCUT2D eigenvalue weighted by Gasteiger charge is -2.50. The van der Waals surface area contributed by atoms with Crippen LogP contribution in [-0.2, 0) is 35.0 Å². The molecule has 3 aliphatic rings. The van der Waals surface area contributed by atoms with Crippen molar-refractivity contribution in [2.75, 3.05) is 20.3 Å². The van der Waals surface area contributed by atoms with Crippen molar-refractivity contribution in [1.29, 1.82) is 0 Å². The molecular formula is C27H36O7. The van der Waals surface area contributed by atoms with E-state index >= 15 is 0 Å². The Balaban J connectivity index is 1.72. The zero-order valence-corrected chi connectivity index (χ0v) is 20.8. The molecule has 0 saturated heterocycles. The number of methoxy groups -OCH3 is 1. The van der Waals surface area contributed by atoms with E-state index in [-0.39, 0.29) is 30.5 Å². The number of hydrogen-bond donors (Lipinski definition) is 0. The fourth-order valence-corrected chi connectivity index (χ4v) is 7.22. The van der Waals surface area contributed by atoms with Crippen LogP contribution in [0.5, 0.6) is 5.75 Å². The molecule has 4 rings (SSSR count). The Bertz CT molecular complexity index is 952. The lowest BCUT2D eigenvalue weighted by atomic mass is 9.55. The lowest BCUT2D eigenvalue weighted by molar-refractivity contribution is -0.176. The highest BCUT2D eigenvalue weighted by molar-refractivity contribution is 5.67. The molecule has 34 heavy (non-hydrogen) atoms. The predicted molar refractivity (Wildman–Crippen MR) is 124 cm³/mol. The van der Waals surface area contributed by atoms with Crippen molar-refractivity contribution in [3.63, 3.8) is 0 Å². The summed E-state index contributed by atoms with van der Waals surface area (Å²) < 4.78 is 22.5. The van der Waals surface area contributed by atoms with Crippen molar-refractivity contribution >= 4 is 17.9 Å². The van der Waals surface area contributed by atoms with Gasteiger partial charge in [0.25, 0.3) is 0 Å². The first-order valence-corrected chi connectivity index (χ1v) is 12.2. The number of hydrogen-bond acceptors (Lipinski definition) is 7. The molecule has 0 bridgehead atoms. The van der Waals surface area contributed by atoms with Gasteiger partial charge in [0.05, 0.1) is 12.5 Å². The maximum Gasteiger partial charge on any atom is 0.302 e. The smallest absolute Gasteiger partial charge is 0.302 e. The number of fused-ring (bicyclic) bond motifs is 5. The van der Waals surface area contributed by atoms with E-state index < -0.39 is 23.5 Å². The summed E-state index contributed by atoms with van der Waals surface area (Å²) in [6.07, 6.45) is 4.05. The van der Waals surface area contributed by atoms with Crippen molar-refractivity contribution in [2.24, 2.45) is 22.7 Å². The third kappa shape index (κ3) is 4.29. The first-order chi connectivity index (χ1) is 16.1. The fourth-order valence-electron chi connectivity index (χ4n) is 7.22. The number of carbonyl (C=O) groups is 3. The third-order valence-corrected chi connectivity index (χ3v) is 8.56. The Morgan fingerprint density at radius 2 is 1.68 bits per heavy atom. The molecule has 0 unspecified atom stereocenters. The zero-order valence-electron chi connectivity index (χ0n) is 20.8. The Morgan fingerprint density at radius 1 is 1.00 bits per heavy atom. The van der Waals surface area contributed by atoms with Crippen LogP contribution in [0.3, 0.4) is 0 Å². The molecule has 2 fully saturated rings. The molecule has 7 heteroatoms. The van der Waals surface area contributed by atoms with E-state index in [9.17, 15) is 14.4 Å². The summed E-state index contributed by atoms with van der Waals surface area (Å²) in [7, 11) is 1.69. The monoisotopic (exact) mass is 472 g/mol. The molecule has 7 nitrogen and oxygen atoms in total. The van der Waals surface area contributed by atoms with Crippen LogP contribution in [0.1, 0.15) is 70.4 Å². The number of ether oxygens (including phenoxy) is 4. The summed E-state index contributed by atoms with van der Waals surface area (Å²) in [4.78, 5) is 35.8. The molecule has 0 radical (unpaired) electrons. The molecule has 3 aliphatic carbocycles. The summed E-state index contributed by atoms with van der Waals surface area (Å²) in [6.45, 7) is 6.47. The predicted octanol–water partition coefficient (Wildman–Crippen LogP) is 4.21. The number of aryl methyl sites for hydroxylation is 1. The maximum absolute atomic E-state index is 12.2. The molecular weight excluding hydrogens is 436 g/mol. The van der Waals surface area contributed by atoms with Gasteiger partial charge >= 0.3 is 17.9 Å². The van der Waals surface area contributed by atoms with Crippen molar-refractivity contribution in [2.45, 2.75) is 71.8 Å². The van der Waals surface area contributed by atoms with Gasteiger partial charge in [0.2, 0.25) is 0 Å². The van der Waals surface area contributed by atoms with Crippen LogP contribution in [0.25, 0.3) is 0 Å². The Labute approximate surface area is 201 Å². The van der Waals surface area contributed by atoms with E-state index in [1.165, 1.54) is 31.9 Å². The minimum absolute atomic E-state index is 0.0603. The SMILES string of the molecule is COc1ccc2c(c1)CC[C@@H]1[C@@H]2CC[C@@]2(C)[C@H]1CC(COC(C)=O)(COC(C)=O)[C@@H]2OC(C)=O. The molecule has 0 heterocycles. The van der Waals surface area contributed by atoms with E-state index in [1.54, 1.807) is 7.11 Å². The largest absolute Gasteiger partial charge is 0.497 e. The summed E-state index contributed by atoms with van der Waals surface area (Å²) in [6, 6.07) is 6.40. The molecule has 1 aromatic rings. The molecule has 0 aromatic heterocycles. The van der Waals surface area contributed by atoms with Crippen LogP contribution in [0, 0.1) is 22.7 Å². The molecule has 0 amide bonds. The second-order valence-corrected chi connectivity index (χ2v) is 10.6. The quantitative estimate of drug-likeness (QED) is 0.453. The van der Waals surface area contributed by atoms with E-state index in [4.69, 9.17) is 18.9 Å². The Hall–Kier alpha value is -2.57.